The second-order valence-corrected chi connectivity index (χ2v) is 6.60. The van der Waals surface area contributed by atoms with Crippen LogP contribution >= 0.6 is 0 Å². The molecule has 0 unspecified atom stereocenters. The number of anilines is 1. The summed E-state index contributed by atoms with van der Waals surface area (Å²) in [7, 11) is 0. The number of nitriles is 1. The molecule has 0 heterocycles. The molecule has 0 aliphatic carbocycles. The molecule has 0 spiro atoms. The Kier molecular flexibility index (Phi) is 3.25. The first-order valence-electron chi connectivity index (χ1n) is 5.92. The summed E-state index contributed by atoms with van der Waals surface area (Å²) in [4.78, 5) is 0. The van der Waals surface area contributed by atoms with Gasteiger partial charge < -0.3 is 5.73 Å². The van der Waals surface area contributed by atoms with Crippen LogP contribution in [0.25, 0.3) is 0 Å². The highest BCUT2D eigenvalue weighted by Gasteiger charge is 2.25. The van der Waals surface area contributed by atoms with Gasteiger partial charge in [0.2, 0.25) is 0 Å². The third kappa shape index (κ3) is 2.79. The van der Waals surface area contributed by atoms with E-state index in [4.69, 9.17) is 11.0 Å². The maximum atomic E-state index is 9.12. The van der Waals surface area contributed by atoms with Crippen LogP contribution in [0.3, 0.4) is 0 Å². The summed E-state index contributed by atoms with van der Waals surface area (Å²) in [6.07, 6.45) is 0. The lowest BCUT2D eigenvalue weighted by atomic mass is 9.78. The maximum Gasteiger partial charge on any atom is 0.0991 e. The molecule has 0 saturated heterocycles. The first-order valence-corrected chi connectivity index (χ1v) is 5.92. The molecule has 1 rings (SSSR count). The number of hydrogen-bond acceptors (Lipinski definition) is 2. The average molecular weight is 230 g/mol. The van der Waals surface area contributed by atoms with Crippen molar-refractivity contribution in [2.24, 2.45) is 0 Å². The Bertz CT molecular complexity index is 430. The standard InChI is InChI=1S/C15H22N2/c1-14(2,3)11-7-10(9-16)8-12(13(11)17)15(4,5)6/h7-8H,17H2,1-6H3. The largest absolute Gasteiger partial charge is 0.398 e. The molecule has 0 saturated carbocycles. The van der Waals surface area contributed by atoms with Crippen LogP contribution in [0.4, 0.5) is 5.69 Å². The lowest BCUT2D eigenvalue weighted by Gasteiger charge is -2.28. The van der Waals surface area contributed by atoms with E-state index in [0.717, 1.165) is 16.8 Å². The topological polar surface area (TPSA) is 49.8 Å². The highest BCUT2D eigenvalue weighted by atomic mass is 14.6. The van der Waals surface area contributed by atoms with E-state index in [0.29, 0.717) is 5.56 Å². The predicted molar refractivity (Wildman–Crippen MR) is 73.0 cm³/mol. The average Bonchev–Trinajstić information content (AvgIpc) is 2.14. The van der Waals surface area contributed by atoms with Crippen LogP contribution in [-0.4, -0.2) is 0 Å². The summed E-state index contributed by atoms with van der Waals surface area (Å²) >= 11 is 0. The molecule has 1 aromatic rings. The zero-order chi connectivity index (χ0) is 13.4. The Morgan fingerprint density at radius 1 is 0.941 bits per heavy atom. The van der Waals surface area contributed by atoms with Gasteiger partial charge >= 0.3 is 0 Å². The zero-order valence-corrected chi connectivity index (χ0v) is 11.7. The number of nitrogen functional groups attached to an aromatic ring is 1. The number of benzene rings is 1. The van der Waals surface area contributed by atoms with Gasteiger partial charge in [-0.2, -0.15) is 5.26 Å². The molecule has 17 heavy (non-hydrogen) atoms. The molecule has 0 radical (unpaired) electrons. The van der Waals surface area contributed by atoms with Gasteiger partial charge in [-0.25, -0.2) is 0 Å². The molecule has 0 atom stereocenters. The summed E-state index contributed by atoms with van der Waals surface area (Å²) in [6, 6.07) is 6.04. The molecule has 92 valence electrons. The van der Waals surface area contributed by atoms with E-state index >= 15 is 0 Å². The van der Waals surface area contributed by atoms with Crippen molar-refractivity contribution in [3.05, 3.63) is 28.8 Å². The van der Waals surface area contributed by atoms with E-state index in [-0.39, 0.29) is 10.8 Å². The Hall–Kier alpha value is -1.49. The summed E-state index contributed by atoms with van der Waals surface area (Å²) in [5.74, 6) is 0. The van der Waals surface area contributed by atoms with Gasteiger partial charge in [0.1, 0.15) is 0 Å². The zero-order valence-electron chi connectivity index (χ0n) is 11.7. The fourth-order valence-electron chi connectivity index (χ4n) is 1.96. The Labute approximate surface area is 104 Å². The van der Waals surface area contributed by atoms with Crippen molar-refractivity contribution in [3.8, 4) is 6.07 Å². The summed E-state index contributed by atoms with van der Waals surface area (Å²) < 4.78 is 0. The molecular weight excluding hydrogens is 208 g/mol. The van der Waals surface area contributed by atoms with E-state index in [1.807, 2.05) is 12.1 Å². The van der Waals surface area contributed by atoms with Gasteiger partial charge in [0.25, 0.3) is 0 Å². The van der Waals surface area contributed by atoms with Gasteiger partial charge in [-0.15, -0.1) is 0 Å². The molecule has 0 amide bonds. The summed E-state index contributed by atoms with van der Waals surface area (Å²) in [6.45, 7) is 12.7. The van der Waals surface area contributed by atoms with E-state index in [9.17, 15) is 0 Å². The minimum absolute atomic E-state index is 0.0447. The Morgan fingerprint density at radius 3 is 1.53 bits per heavy atom. The van der Waals surface area contributed by atoms with Crippen molar-refractivity contribution in [3.63, 3.8) is 0 Å². The minimum atomic E-state index is -0.0447. The Morgan fingerprint density at radius 2 is 1.29 bits per heavy atom. The monoisotopic (exact) mass is 230 g/mol. The van der Waals surface area contributed by atoms with Crippen molar-refractivity contribution in [1.82, 2.24) is 0 Å². The smallest absolute Gasteiger partial charge is 0.0991 e. The number of rotatable bonds is 0. The van der Waals surface area contributed by atoms with Crippen molar-refractivity contribution in [2.45, 2.75) is 52.4 Å². The van der Waals surface area contributed by atoms with Gasteiger partial charge in [0.05, 0.1) is 11.6 Å². The number of nitrogens with two attached hydrogens (primary N) is 1. The van der Waals surface area contributed by atoms with Crippen molar-refractivity contribution in [2.75, 3.05) is 5.73 Å². The van der Waals surface area contributed by atoms with Crippen LogP contribution in [0.15, 0.2) is 12.1 Å². The van der Waals surface area contributed by atoms with Crippen molar-refractivity contribution >= 4 is 5.69 Å². The van der Waals surface area contributed by atoms with Gasteiger partial charge in [-0.3, -0.25) is 0 Å². The van der Waals surface area contributed by atoms with Gasteiger partial charge in [0.15, 0.2) is 0 Å². The van der Waals surface area contributed by atoms with Crippen LogP contribution in [0, 0.1) is 11.3 Å². The van der Waals surface area contributed by atoms with E-state index in [2.05, 4.69) is 47.6 Å². The van der Waals surface area contributed by atoms with Gasteiger partial charge in [0, 0.05) is 5.69 Å². The predicted octanol–water partition coefficient (Wildman–Crippen LogP) is 3.74. The molecule has 0 aromatic heterocycles. The molecule has 1 aromatic carbocycles. The van der Waals surface area contributed by atoms with Crippen molar-refractivity contribution in [1.29, 1.82) is 5.26 Å². The molecule has 0 aliphatic heterocycles. The molecule has 2 nitrogen and oxygen atoms in total. The van der Waals surface area contributed by atoms with Crippen LogP contribution in [0.1, 0.15) is 58.2 Å². The normalized spacial score (nSPS) is 12.3. The second-order valence-electron chi connectivity index (χ2n) is 6.60. The van der Waals surface area contributed by atoms with Gasteiger partial charge in [-0.05, 0) is 34.1 Å². The van der Waals surface area contributed by atoms with Crippen LogP contribution < -0.4 is 5.73 Å². The summed E-state index contributed by atoms with van der Waals surface area (Å²) in [5, 5.41) is 9.12. The lowest BCUT2D eigenvalue weighted by molar-refractivity contribution is 0.572. The SMILES string of the molecule is CC(C)(C)c1cc(C#N)cc(C(C)(C)C)c1N. The Balaban J connectivity index is 3.61. The molecule has 0 aliphatic rings. The molecule has 2 heteroatoms. The van der Waals surface area contributed by atoms with Gasteiger partial charge in [-0.1, -0.05) is 41.5 Å². The first-order chi connectivity index (χ1) is 7.57. The van der Waals surface area contributed by atoms with Crippen LogP contribution in [0.2, 0.25) is 0 Å². The molecule has 2 N–H and O–H groups in total. The number of hydrogen-bond donors (Lipinski definition) is 1. The fraction of sp³-hybridized carbons (Fsp3) is 0.533. The molecule has 0 fully saturated rings. The highest BCUT2D eigenvalue weighted by Crippen LogP contribution is 2.36. The fourth-order valence-corrected chi connectivity index (χ4v) is 1.96. The first kappa shape index (κ1) is 13.6. The quantitative estimate of drug-likeness (QED) is 0.690. The molecular formula is C15H22N2. The van der Waals surface area contributed by atoms with Crippen LogP contribution in [0.5, 0.6) is 0 Å². The summed E-state index contributed by atoms with van der Waals surface area (Å²) in [5.41, 5.74) is 9.81. The highest BCUT2D eigenvalue weighted by molar-refractivity contribution is 5.62. The second kappa shape index (κ2) is 4.07. The third-order valence-corrected chi connectivity index (χ3v) is 2.93. The minimum Gasteiger partial charge on any atom is -0.398 e. The molecule has 0 bridgehead atoms. The van der Waals surface area contributed by atoms with E-state index < -0.39 is 0 Å². The van der Waals surface area contributed by atoms with Crippen molar-refractivity contribution < 1.29 is 0 Å². The van der Waals surface area contributed by atoms with Crippen LogP contribution in [-0.2, 0) is 10.8 Å². The van der Waals surface area contributed by atoms with E-state index in [1.54, 1.807) is 0 Å². The maximum absolute atomic E-state index is 9.12. The van der Waals surface area contributed by atoms with E-state index in [1.165, 1.54) is 0 Å². The lowest BCUT2D eigenvalue weighted by Crippen LogP contribution is -2.20. The number of nitrogens with zero attached hydrogens (tertiary/aromatic N) is 1. The third-order valence-electron chi connectivity index (χ3n) is 2.93.